The summed E-state index contributed by atoms with van der Waals surface area (Å²) in [4.78, 5) is 2.48. The molecule has 1 heterocycles. The first-order chi connectivity index (χ1) is 5.77. The van der Waals surface area contributed by atoms with Crippen LogP contribution < -0.4 is 0 Å². The summed E-state index contributed by atoms with van der Waals surface area (Å²) in [7, 11) is 2.25. The lowest BCUT2D eigenvalue weighted by Crippen LogP contribution is -2.31. The third-order valence-electron chi connectivity index (χ3n) is 3.80. The highest BCUT2D eigenvalue weighted by Crippen LogP contribution is 2.60. The first-order valence-electron chi connectivity index (χ1n) is 5.01. The molecule has 2 rings (SSSR count). The van der Waals surface area contributed by atoms with Crippen molar-refractivity contribution in [1.29, 1.82) is 0 Å². The van der Waals surface area contributed by atoms with Crippen molar-refractivity contribution in [3.05, 3.63) is 0 Å². The van der Waals surface area contributed by atoms with Gasteiger partial charge in [0, 0.05) is 0 Å². The summed E-state index contributed by atoms with van der Waals surface area (Å²) in [5.74, 6) is 1.10. The van der Waals surface area contributed by atoms with Crippen LogP contribution in [0, 0.1) is 11.3 Å². The molecule has 1 aliphatic carbocycles. The lowest BCUT2D eigenvalue weighted by atomic mass is 9.90. The molecule has 0 aromatic heterocycles. The van der Waals surface area contributed by atoms with E-state index in [0.29, 0.717) is 0 Å². The van der Waals surface area contributed by atoms with Gasteiger partial charge in [-0.25, -0.2) is 0 Å². The summed E-state index contributed by atoms with van der Waals surface area (Å²) in [5, 5.41) is 0. The van der Waals surface area contributed by atoms with Crippen LogP contribution in [0.2, 0.25) is 0 Å². The number of hydrogen-bond donors (Lipinski definition) is 0. The molecule has 2 fully saturated rings. The Morgan fingerprint density at radius 2 is 2.08 bits per heavy atom. The molecule has 1 aliphatic heterocycles. The van der Waals surface area contributed by atoms with Crippen molar-refractivity contribution in [3.63, 3.8) is 0 Å². The largest absolute Gasteiger partial charge is 0.306 e. The highest BCUT2D eigenvalue weighted by Gasteiger charge is 2.53. The van der Waals surface area contributed by atoms with E-state index >= 15 is 0 Å². The standard InChI is InChI=1S/C10H18IN/c1-12-6-3-10(4-7-12)8-9(10)2-5-11/h9H,2-8H2,1H3. The van der Waals surface area contributed by atoms with Gasteiger partial charge in [0.15, 0.2) is 0 Å². The van der Waals surface area contributed by atoms with Crippen molar-refractivity contribution in [2.24, 2.45) is 11.3 Å². The van der Waals surface area contributed by atoms with Gasteiger partial charge in [-0.3, -0.25) is 0 Å². The molecule has 1 atom stereocenters. The second-order valence-corrected chi connectivity index (χ2v) is 5.62. The Balaban J connectivity index is 1.83. The summed E-state index contributed by atoms with van der Waals surface area (Å²) >= 11 is 2.52. The van der Waals surface area contributed by atoms with Crippen molar-refractivity contribution in [1.82, 2.24) is 4.90 Å². The first-order valence-corrected chi connectivity index (χ1v) is 6.54. The Bertz CT molecular complexity index is 161. The maximum absolute atomic E-state index is 2.52. The van der Waals surface area contributed by atoms with Gasteiger partial charge >= 0.3 is 0 Å². The molecule has 2 heteroatoms. The van der Waals surface area contributed by atoms with Crippen LogP contribution in [0.5, 0.6) is 0 Å². The second kappa shape index (κ2) is 3.45. The zero-order chi connectivity index (χ0) is 8.60. The maximum Gasteiger partial charge on any atom is -0.000188 e. The molecule has 1 nitrogen and oxygen atoms in total. The fourth-order valence-corrected chi connectivity index (χ4v) is 3.40. The van der Waals surface area contributed by atoms with Gasteiger partial charge in [-0.05, 0) is 61.6 Å². The average molecular weight is 279 g/mol. The molecule has 0 radical (unpaired) electrons. The van der Waals surface area contributed by atoms with Crippen LogP contribution in [0.4, 0.5) is 0 Å². The van der Waals surface area contributed by atoms with Gasteiger partial charge in [-0.2, -0.15) is 0 Å². The smallest absolute Gasteiger partial charge is 0.000188 e. The predicted molar refractivity (Wildman–Crippen MR) is 60.8 cm³/mol. The normalized spacial score (nSPS) is 34.0. The molecular formula is C10H18IN. The van der Waals surface area contributed by atoms with E-state index in [2.05, 4.69) is 34.5 Å². The van der Waals surface area contributed by atoms with Crippen LogP contribution in [0.15, 0.2) is 0 Å². The van der Waals surface area contributed by atoms with Gasteiger partial charge in [0.25, 0.3) is 0 Å². The third-order valence-corrected chi connectivity index (χ3v) is 4.42. The van der Waals surface area contributed by atoms with Gasteiger partial charge in [-0.15, -0.1) is 0 Å². The van der Waals surface area contributed by atoms with Crippen molar-refractivity contribution in [2.45, 2.75) is 25.7 Å². The molecule has 70 valence electrons. The van der Waals surface area contributed by atoms with E-state index in [1.807, 2.05) is 0 Å². The summed E-state index contributed by atoms with van der Waals surface area (Å²) in [6, 6.07) is 0. The van der Waals surface area contributed by atoms with Crippen LogP contribution in [-0.2, 0) is 0 Å². The highest BCUT2D eigenvalue weighted by molar-refractivity contribution is 14.1. The molecule has 1 saturated carbocycles. The van der Waals surface area contributed by atoms with Crippen LogP contribution in [0.1, 0.15) is 25.7 Å². The Morgan fingerprint density at radius 1 is 1.42 bits per heavy atom. The van der Waals surface area contributed by atoms with E-state index < -0.39 is 0 Å². The Kier molecular flexibility index (Phi) is 2.66. The zero-order valence-electron chi connectivity index (χ0n) is 7.85. The number of alkyl halides is 1. The molecule has 0 aromatic rings. The molecule has 1 unspecified atom stereocenters. The Labute approximate surface area is 89.0 Å². The van der Waals surface area contributed by atoms with Crippen LogP contribution in [-0.4, -0.2) is 29.5 Å². The van der Waals surface area contributed by atoms with E-state index in [-0.39, 0.29) is 0 Å². The number of halogens is 1. The van der Waals surface area contributed by atoms with Crippen molar-refractivity contribution >= 4 is 22.6 Å². The van der Waals surface area contributed by atoms with E-state index in [4.69, 9.17) is 0 Å². The summed E-state index contributed by atoms with van der Waals surface area (Å²) in [6.07, 6.45) is 5.98. The van der Waals surface area contributed by atoms with Gasteiger partial charge in [0.05, 0.1) is 0 Å². The van der Waals surface area contributed by atoms with E-state index in [1.165, 1.54) is 36.8 Å². The third kappa shape index (κ3) is 1.65. The predicted octanol–water partition coefficient (Wildman–Crippen LogP) is 2.54. The minimum Gasteiger partial charge on any atom is -0.306 e. The molecule has 1 saturated heterocycles. The number of likely N-dealkylation sites (tertiary alicyclic amines) is 1. The molecule has 0 aromatic carbocycles. The minimum atomic E-state index is 0.831. The van der Waals surface area contributed by atoms with Crippen LogP contribution >= 0.6 is 22.6 Å². The number of rotatable bonds is 2. The van der Waals surface area contributed by atoms with Gasteiger partial charge in [0.2, 0.25) is 0 Å². The monoisotopic (exact) mass is 279 g/mol. The van der Waals surface area contributed by atoms with Gasteiger partial charge in [-0.1, -0.05) is 22.6 Å². The Morgan fingerprint density at radius 3 is 2.67 bits per heavy atom. The van der Waals surface area contributed by atoms with Crippen LogP contribution in [0.25, 0.3) is 0 Å². The molecule has 12 heavy (non-hydrogen) atoms. The topological polar surface area (TPSA) is 3.24 Å². The number of hydrogen-bond acceptors (Lipinski definition) is 1. The Hall–Kier alpha value is 0.690. The van der Waals surface area contributed by atoms with E-state index in [0.717, 1.165) is 11.3 Å². The summed E-state index contributed by atoms with van der Waals surface area (Å²) < 4.78 is 1.36. The maximum atomic E-state index is 2.52. The second-order valence-electron chi connectivity index (χ2n) is 4.54. The van der Waals surface area contributed by atoms with Gasteiger partial charge in [0.1, 0.15) is 0 Å². The molecule has 0 bridgehead atoms. The first kappa shape index (κ1) is 9.25. The minimum absolute atomic E-state index is 0.831. The van der Waals surface area contributed by atoms with E-state index in [9.17, 15) is 0 Å². The number of nitrogens with zero attached hydrogens (tertiary/aromatic N) is 1. The van der Waals surface area contributed by atoms with Crippen molar-refractivity contribution in [2.75, 3.05) is 24.6 Å². The van der Waals surface area contributed by atoms with Gasteiger partial charge < -0.3 is 4.90 Å². The SMILES string of the molecule is CN1CCC2(CC1)CC2CCI. The zero-order valence-corrected chi connectivity index (χ0v) is 10.0. The van der Waals surface area contributed by atoms with Crippen molar-refractivity contribution in [3.8, 4) is 0 Å². The quantitative estimate of drug-likeness (QED) is 0.554. The lowest BCUT2D eigenvalue weighted by Gasteiger charge is -2.30. The molecule has 1 spiro atoms. The van der Waals surface area contributed by atoms with Crippen molar-refractivity contribution < 1.29 is 0 Å². The molecule has 0 N–H and O–H groups in total. The molecular weight excluding hydrogens is 261 g/mol. The summed E-state index contributed by atoms with van der Waals surface area (Å²) in [6.45, 7) is 2.69. The van der Waals surface area contributed by atoms with E-state index in [1.54, 1.807) is 6.42 Å². The number of piperidine rings is 1. The molecule has 0 amide bonds. The summed E-state index contributed by atoms with van der Waals surface area (Å²) in [5.41, 5.74) is 0.831. The lowest BCUT2D eigenvalue weighted by molar-refractivity contribution is 0.192. The van der Waals surface area contributed by atoms with Crippen LogP contribution in [0.3, 0.4) is 0 Å². The highest BCUT2D eigenvalue weighted by atomic mass is 127. The average Bonchev–Trinajstić information content (AvgIpc) is 2.72. The fourth-order valence-electron chi connectivity index (χ4n) is 2.65. The molecule has 2 aliphatic rings. The fraction of sp³-hybridized carbons (Fsp3) is 1.00.